The first-order chi connectivity index (χ1) is 1.00. The van der Waals surface area contributed by atoms with E-state index in [0.29, 0.717) is 23.0 Å². The van der Waals surface area contributed by atoms with Gasteiger partial charge in [-0.1, -0.05) is 0 Å². The zero-order valence-electron chi connectivity index (χ0n) is 1.57. The van der Waals surface area contributed by atoms with Gasteiger partial charge in [0.1, 0.15) is 0 Å². The molecule has 4 heavy (non-hydrogen) atoms. The summed E-state index contributed by atoms with van der Waals surface area (Å²) in [5, 5.41) is 0. The molecule has 0 saturated carbocycles. The normalized spacial score (nSPS) is 1.00. The van der Waals surface area contributed by atoms with Gasteiger partial charge in [-0.25, -0.2) is 0 Å². The molecule has 4 heteroatoms. The van der Waals surface area contributed by atoms with Gasteiger partial charge < -0.3 is 0 Å². The Morgan fingerprint density at radius 1 is 1.25 bits per heavy atom. The molecular weight excluding hydrogens is 385 g/mol. The van der Waals surface area contributed by atoms with Crippen LogP contribution in [0.1, 0.15) is 0 Å². The average molecular weight is 385 g/mol. The molecule has 0 atom stereocenters. The number of hydrogen-bond donors (Lipinski definition) is 0. The SMILES string of the molecule is [Ir].[Mn].[O]=[Sb]. The predicted molar refractivity (Wildman–Crippen MR) is 6.44 cm³/mol. The van der Waals surface area contributed by atoms with Crippen LogP contribution in [-0.4, -0.2) is 23.0 Å². The van der Waals surface area contributed by atoms with Gasteiger partial charge in [0.2, 0.25) is 0 Å². The second kappa shape index (κ2) is 21.5. The van der Waals surface area contributed by atoms with Crippen molar-refractivity contribution < 1.29 is 40.2 Å². The zero-order chi connectivity index (χ0) is 2.00. The van der Waals surface area contributed by atoms with Crippen molar-refractivity contribution in [3.05, 3.63) is 0 Å². The molecule has 0 aromatic carbocycles. The summed E-state index contributed by atoms with van der Waals surface area (Å²) in [6.07, 6.45) is 0. The topological polar surface area (TPSA) is 17.1 Å². The number of rotatable bonds is 0. The van der Waals surface area contributed by atoms with Crippen molar-refractivity contribution in [3.8, 4) is 0 Å². The van der Waals surface area contributed by atoms with Gasteiger partial charge in [-0.3, -0.25) is 0 Å². The Hall–Kier alpha value is 1.79. The number of hydrogen-bond acceptors (Lipinski definition) is 1. The van der Waals surface area contributed by atoms with E-state index in [4.69, 9.17) is 3.02 Å². The van der Waals surface area contributed by atoms with Gasteiger partial charge in [0.25, 0.3) is 0 Å². The summed E-state index contributed by atoms with van der Waals surface area (Å²) < 4.78 is 8.30. The van der Waals surface area contributed by atoms with Crippen LogP contribution in [-0.2, 0) is 40.2 Å². The molecule has 0 aliphatic heterocycles. The minimum atomic E-state index is 0. The van der Waals surface area contributed by atoms with E-state index in [2.05, 4.69) is 0 Å². The van der Waals surface area contributed by atoms with E-state index in [1.807, 2.05) is 0 Å². The van der Waals surface area contributed by atoms with Crippen LogP contribution in [0.4, 0.5) is 0 Å². The van der Waals surface area contributed by atoms with E-state index in [0.717, 1.165) is 0 Å². The van der Waals surface area contributed by atoms with Crippen molar-refractivity contribution in [2.45, 2.75) is 0 Å². The molecule has 27 valence electrons. The predicted octanol–water partition coefficient (Wildman–Crippen LogP) is -0.505. The van der Waals surface area contributed by atoms with Crippen molar-refractivity contribution in [1.82, 2.24) is 0 Å². The van der Waals surface area contributed by atoms with Crippen LogP contribution >= 0.6 is 0 Å². The fourth-order valence-corrected chi connectivity index (χ4v) is 0. The summed E-state index contributed by atoms with van der Waals surface area (Å²) in [6.45, 7) is 0. The molecular formula is IrMnOSb. The first kappa shape index (κ1) is 17.1. The van der Waals surface area contributed by atoms with Crippen LogP contribution < -0.4 is 0 Å². The van der Waals surface area contributed by atoms with E-state index >= 15 is 0 Å². The van der Waals surface area contributed by atoms with Crippen LogP contribution in [0.5, 0.6) is 0 Å². The van der Waals surface area contributed by atoms with E-state index in [1.165, 1.54) is 0 Å². The van der Waals surface area contributed by atoms with Gasteiger partial charge in [-0.05, 0) is 0 Å². The zero-order valence-corrected chi connectivity index (χ0v) is 7.70. The summed E-state index contributed by atoms with van der Waals surface area (Å²) in [4.78, 5) is 0. The third-order valence-electron chi connectivity index (χ3n) is 0. The van der Waals surface area contributed by atoms with Crippen LogP contribution in [0.3, 0.4) is 0 Å². The molecule has 0 heterocycles. The van der Waals surface area contributed by atoms with Crippen LogP contribution in [0.2, 0.25) is 0 Å². The van der Waals surface area contributed by atoms with Gasteiger partial charge in [0, 0.05) is 37.2 Å². The first-order valence-electron chi connectivity index (χ1n) is 0.183. The molecule has 3 radical (unpaired) electrons. The van der Waals surface area contributed by atoms with Gasteiger partial charge >= 0.3 is 26.0 Å². The molecule has 0 amide bonds. The van der Waals surface area contributed by atoms with Crippen molar-refractivity contribution in [3.63, 3.8) is 0 Å². The van der Waals surface area contributed by atoms with Crippen molar-refractivity contribution in [2.75, 3.05) is 0 Å². The Balaban J connectivity index is -0.00000000500. The third kappa shape index (κ3) is 9.21. The average Bonchev–Trinajstić information content (AvgIpc) is 1.00. The molecule has 0 aromatic heterocycles. The molecule has 0 unspecified atom stereocenters. The standard InChI is InChI=1S/Ir.Mn.O.Sb. The second-order valence-electron chi connectivity index (χ2n) is 0. The fraction of sp³-hybridized carbons (Fsp3) is 0. The van der Waals surface area contributed by atoms with Gasteiger partial charge in [-0.2, -0.15) is 0 Å². The summed E-state index contributed by atoms with van der Waals surface area (Å²) >= 11 is 0.500. The molecule has 0 spiro atoms. The molecule has 0 aliphatic rings. The van der Waals surface area contributed by atoms with Gasteiger partial charge in [-0.15, -0.1) is 0 Å². The van der Waals surface area contributed by atoms with E-state index in [-0.39, 0.29) is 37.2 Å². The van der Waals surface area contributed by atoms with Gasteiger partial charge in [0.15, 0.2) is 0 Å². The summed E-state index contributed by atoms with van der Waals surface area (Å²) in [6, 6.07) is 0. The van der Waals surface area contributed by atoms with Crippen LogP contribution in [0.25, 0.3) is 0 Å². The van der Waals surface area contributed by atoms with E-state index in [9.17, 15) is 0 Å². The summed E-state index contributed by atoms with van der Waals surface area (Å²) in [5.74, 6) is 0. The molecule has 0 saturated heterocycles. The summed E-state index contributed by atoms with van der Waals surface area (Å²) in [5.41, 5.74) is 0. The van der Waals surface area contributed by atoms with Crippen LogP contribution in [0, 0.1) is 0 Å². The van der Waals surface area contributed by atoms with Crippen molar-refractivity contribution >= 4 is 23.0 Å². The third-order valence-corrected chi connectivity index (χ3v) is 0. The second-order valence-corrected chi connectivity index (χ2v) is 0. The Morgan fingerprint density at radius 2 is 1.25 bits per heavy atom. The Kier molecular flexibility index (Phi) is 91.8. The molecule has 0 bridgehead atoms. The van der Waals surface area contributed by atoms with Crippen LogP contribution in [0.15, 0.2) is 0 Å². The van der Waals surface area contributed by atoms with Gasteiger partial charge in [0.05, 0.1) is 0 Å². The Morgan fingerprint density at radius 3 is 1.25 bits per heavy atom. The van der Waals surface area contributed by atoms with E-state index < -0.39 is 0 Å². The minimum absolute atomic E-state index is 0. The summed E-state index contributed by atoms with van der Waals surface area (Å²) in [7, 11) is 0. The quantitative estimate of drug-likeness (QED) is 0.514. The molecule has 0 aromatic rings. The van der Waals surface area contributed by atoms with Crippen molar-refractivity contribution in [1.29, 1.82) is 0 Å². The molecule has 0 fully saturated rings. The molecule has 0 aliphatic carbocycles. The van der Waals surface area contributed by atoms with Crippen molar-refractivity contribution in [2.24, 2.45) is 0 Å². The van der Waals surface area contributed by atoms with E-state index in [1.54, 1.807) is 0 Å². The maximum absolute atomic E-state index is 8.30. The Bertz CT molecular complexity index is 8.00. The first-order valence-corrected chi connectivity index (χ1v) is 1.22. The molecule has 0 N–H and O–H groups in total. The monoisotopic (exact) mass is 385 g/mol. The molecule has 1 nitrogen and oxygen atoms in total. The molecule has 0 rings (SSSR count). The maximum atomic E-state index is 8.30. The fourth-order valence-electron chi connectivity index (χ4n) is 0. The Labute approximate surface area is 62.6 Å².